The molecule has 230 valence electrons. The van der Waals surface area contributed by atoms with Crippen molar-refractivity contribution in [2.24, 2.45) is 5.92 Å². The van der Waals surface area contributed by atoms with E-state index in [-0.39, 0.29) is 23.0 Å². The average Bonchev–Trinajstić information content (AvgIpc) is 3.02. The van der Waals surface area contributed by atoms with E-state index in [0.29, 0.717) is 17.7 Å². The monoisotopic (exact) mass is 586 g/mol. The maximum absolute atomic E-state index is 12.9. The molecule has 3 aromatic rings. The standard InChI is InChI=1S/C37H46O6/c1-5-7-9-11-13-26(3)35(38)31-20-16-29(17-21-31)28-14-18-30(19-15-28)34-25-32(22-23-33(34)36(39)40)43-37(41)27(4)42-24-12-10-8-6-2/h14-23,25-27H,5-13,24H2,1-4H3,(H,39,40)/t26-,27+/m0/s1. The summed E-state index contributed by atoms with van der Waals surface area (Å²) in [5, 5.41) is 9.81. The lowest BCUT2D eigenvalue weighted by molar-refractivity contribution is -0.146. The number of aromatic carboxylic acids is 1. The summed E-state index contributed by atoms with van der Waals surface area (Å²) in [5.74, 6) is -1.15. The third-order valence-corrected chi connectivity index (χ3v) is 7.77. The molecule has 2 atom stereocenters. The fourth-order valence-corrected chi connectivity index (χ4v) is 5.03. The quantitative estimate of drug-likeness (QED) is 0.0691. The normalized spacial score (nSPS) is 12.5. The van der Waals surface area contributed by atoms with Crippen molar-refractivity contribution in [3.05, 3.63) is 77.9 Å². The summed E-state index contributed by atoms with van der Waals surface area (Å²) in [5.41, 5.74) is 3.87. The first-order chi connectivity index (χ1) is 20.7. The smallest absolute Gasteiger partial charge is 0.340 e. The second-order valence-corrected chi connectivity index (χ2v) is 11.3. The third-order valence-electron chi connectivity index (χ3n) is 7.77. The second-order valence-electron chi connectivity index (χ2n) is 11.3. The highest BCUT2D eigenvalue weighted by Crippen LogP contribution is 2.31. The predicted octanol–water partition coefficient (Wildman–Crippen LogP) is 9.40. The number of hydrogen-bond acceptors (Lipinski definition) is 5. The SMILES string of the molecule is CCCCCCO[C@H](C)C(=O)Oc1ccc(C(=O)O)c(-c2ccc(-c3ccc(C(=O)[C@@H](C)CCCCCC)cc3)cc2)c1. The largest absolute Gasteiger partial charge is 0.478 e. The summed E-state index contributed by atoms with van der Waals surface area (Å²) in [6, 6.07) is 19.7. The first-order valence-electron chi connectivity index (χ1n) is 15.7. The van der Waals surface area contributed by atoms with Crippen molar-refractivity contribution in [1.29, 1.82) is 0 Å². The molecule has 0 spiro atoms. The highest BCUT2D eigenvalue weighted by atomic mass is 16.6. The summed E-state index contributed by atoms with van der Waals surface area (Å²) in [6.07, 6.45) is 9.02. The van der Waals surface area contributed by atoms with Crippen LogP contribution in [0.3, 0.4) is 0 Å². The second kappa shape index (κ2) is 17.4. The van der Waals surface area contributed by atoms with Crippen LogP contribution in [0.1, 0.15) is 106 Å². The number of hydrogen-bond donors (Lipinski definition) is 1. The average molecular weight is 587 g/mol. The maximum Gasteiger partial charge on any atom is 0.340 e. The fraction of sp³-hybridized carbons (Fsp3) is 0.432. The van der Waals surface area contributed by atoms with Crippen LogP contribution in [0, 0.1) is 5.92 Å². The van der Waals surface area contributed by atoms with Crippen molar-refractivity contribution < 1.29 is 29.0 Å². The van der Waals surface area contributed by atoms with Gasteiger partial charge in [0.05, 0.1) is 5.56 Å². The Labute approximate surface area is 256 Å². The van der Waals surface area contributed by atoms with Crippen LogP contribution in [0.25, 0.3) is 22.3 Å². The summed E-state index contributed by atoms with van der Waals surface area (Å²) < 4.78 is 11.2. The number of carbonyl (C=O) groups excluding carboxylic acids is 2. The number of ketones is 1. The summed E-state index contributed by atoms with van der Waals surface area (Å²) >= 11 is 0. The van der Waals surface area contributed by atoms with Gasteiger partial charge in [0.25, 0.3) is 0 Å². The van der Waals surface area contributed by atoms with E-state index in [2.05, 4.69) is 13.8 Å². The van der Waals surface area contributed by atoms with Crippen LogP contribution in [0.5, 0.6) is 5.75 Å². The van der Waals surface area contributed by atoms with Crippen molar-refractivity contribution in [1.82, 2.24) is 0 Å². The van der Waals surface area contributed by atoms with E-state index in [0.717, 1.165) is 55.2 Å². The Kier molecular flexibility index (Phi) is 13.6. The van der Waals surface area contributed by atoms with Crippen LogP contribution < -0.4 is 4.74 Å². The molecule has 3 rings (SSSR count). The number of carboxylic acid groups (broad SMARTS) is 1. The van der Waals surface area contributed by atoms with E-state index in [1.54, 1.807) is 13.0 Å². The van der Waals surface area contributed by atoms with Gasteiger partial charge in [-0.05, 0) is 60.2 Å². The first-order valence-corrected chi connectivity index (χ1v) is 15.7. The Morgan fingerprint density at radius 2 is 1.30 bits per heavy atom. The predicted molar refractivity (Wildman–Crippen MR) is 172 cm³/mol. The molecule has 0 aliphatic heterocycles. The Bertz CT molecular complexity index is 1330. The molecule has 6 heteroatoms. The molecule has 0 aromatic heterocycles. The van der Waals surface area contributed by atoms with E-state index < -0.39 is 18.0 Å². The molecule has 0 radical (unpaired) electrons. The Hall–Kier alpha value is -3.77. The molecule has 0 fully saturated rings. The van der Waals surface area contributed by atoms with Crippen LogP contribution in [-0.2, 0) is 9.53 Å². The number of Topliss-reactive ketones (excluding diaryl/α,β-unsaturated/α-hetero) is 1. The Balaban J connectivity index is 1.69. The van der Waals surface area contributed by atoms with Crippen molar-refractivity contribution in [3.8, 4) is 28.0 Å². The van der Waals surface area contributed by atoms with E-state index in [4.69, 9.17) is 9.47 Å². The summed E-state index contributed by atoms with van der Waals surface area (Å²) in [4.78, 5) is 37.4. The van der Waals surface area contributed by atoms with E-state index >= 15 is 0 Å². The van der Waals surface area contributed by atoms with E-state index in [1.807, 2.05) is 55.5 Å². The highest BCUT2D eigenvalue weighted by Gasteiger charge is 2.19. The van der Waals surface area contributed by atoms with Crippen molar-refractivity contribution in [3.63, 3.8) is 0 Å². The topological polar surface area (TPSA) is 89.9 Å². The number of benzene rings is 3. The van der Waals surface area contributed by atoms with Gasteiger partial charge in [-0.2, -0.15) is 0 Å². The van der Waals surface area contributed by atoms with Gasteiger partial charge in [-0.15, -0.1) is 0 Å². The molecular weight excluding hydrogens is 540 g/mol. The zero-order valence-electron chi connectivity index (χ0n) is 26.1. The zero-order valence-corrected chi connectivity index (χ0v) is 26.1. The van der Waals surface area contributed by atoms with E-state index in [9.17, 15) is 19.5 Å². The van der Waals surface area contributed by atoms with E-state index in [1.165, 1.54) is 31.4 Å². The molecule has 0 saturated carbocycles. The minimum atomic E-state index is -1.07. The molecule has 0 amide bonds. The molecule has 1 N–H and O–H groups in total. The van der Waals surface area contributed by atoms with Crippen LogP contribution in [0.2, 0.25) is 0 Å². The number of rotatable bonds is 18. The molecule has 3 aromatic carbocycles. The van der Waals surface area contributed by atoms with Gasteiger partial charge in [-0.25, -0.2) is 9.59 Å². The lowest BCUT2D eigenvalue weighted by Crippen LogP contribution is -2.26. The molecule has 0 heterocycles. The molecule has 6 nitrogen and oxygen atoms in total. The number of carboxylic acids is 1. The molecular formula is C37H46O6. The van der Waals surface area contributed by atoms with Crippen LogP contribution >= 0.6 is 0 Å². The van der Waals surface area contributed by atoms with Crippen LogP contribution in [0.15, 0.2) is 66.7 Å². The minimum absolute atomic E-state index is 0.00625. The van der Waals surface area contributed by atoms with Crippen molar-refractivity contribution in [2.75, 3.05) is 6.61 Å². The van der Waals surface area contributed by atoms with Gasteiger partial charge in [0.15, 0.2) is 11.9 Å². The molecule has 0 aliphatic carbocycles. The zero-order chi connectivity index (χ0) is 31.2. The molecule has 0 unspecified atom stereocenters. The van der Waals surface area contributed by atoms with Gasteiger partial charge in [-0.3, -0.25) is 4.79 Å². The molecule has 0 aliphatic rings. The number of esters is 1. The summed E-state index contributed by atoms with van der Waals surface area (Å²) in [7, 11) is 0. The highest BCUT2D eigenvalue weighted by molar-refractivity contribution is 5.98. The van der Waals surface area contributed by atoms with Gasteiger partial charge < -0.3 is 14.6 Å². The van der Waals surface area contributed by atoms with Gasteiger partial charge >= 0.3 is 11.9 Å². The van der Waals surface area contributed by atoms with Gasteiger partial charge in [0.1, 0.15) is 5.75 Å². The van der Waals surface area contributed by atoms with Gasteiger partial charge in [0, 0.05) is 18.1 Å². The Morgan fingerprint density at radius 1 is 0.721 bits per heavy atom. The van der Waals surface area contributed by atoms with Crippen molar-refractivity contribution >= 4 is 17.7 Å². The molecule has 0 bridgehead atoms. The lowest BCUT2D eigenvalue weighted by Gasteiger charge is -2.14. The number of unbranched alkanes of at least 4 members (excludes halogenated alkanes) is 6. The number of carbonyl (C=O) groups is 3. The lowest BCUT2D eigenvalue weighted by atomic mass is 9.92. The fourth-order valence-electron chi connectivity index (χ4n) is 5.03. The summed E-state index contributed by atoms with van der Waals surface area (Å²) in [6.45, 7) is 8.47. The van der Waals surface area contributed by atoms with Crippen molar-refractivity contribution in [2.45, 2.75) is 91.6 Å². The Morgan fingerprint density at radius 3 is 1.91 bits per heavy atom. The molecule has 43 heavy (non-hydrogen) atoms. The van der Waals surface area contributed by atoms with Gasteiger partial charge in [-0.1, -0.05) is 114 Å². The number of ether oxygens (including phenoxy) is 2. The van der Waals surface area contributed by atoms with Gasteiger partial charge in [0.2, 0.25) is 0 Å². The van der Waals surface area contributed by atoms with Crippen LogP contribution in [-0.4, -0.2) is 35.5 Å². The van der Waals surface area contributed by atoms with Crippen LogP contribution in [0.4, 0.5) is 0 Å². The molecule has 0 saturated heterocycles. The maximum atomic E-state index is 12.9. The third kappa shape index (κ3) is 10.2. The first kappa shape index (κ1) is 33.7. The minimum Gasteiger partial charge on any atom is -0.478 e.